The van der Waals surface area contributed by atoms with Gasteiger partial charge in [-0.1, -0.05) is 66.5 Å². The summed E-state index contributed by atoms with van der Waals surface area (Å²) in [6.45, 7) is 7.41. The van der Waals surface area contributed by atoms with E-state index >= 15 is 0 Å². The summed E-state index contributed by atoms with van der Waals surface area (Å²) in [5, 5.41) is 10.3. The van der Waals surface area contributed by atoms with Gasteiger partial charge in [0.1, 0.15) is 0 Å². The van der Waals surface area contributed by atoms with Crippen molar-refractivity contribution in [3.05, 3.63) is 35.9 Å². The number of amides is 1. The minimum atomic E-state index is -4.89. The van der Waals surface area contributed by atoms with Gasteiger partial charge in [-0.05, 0) is 25.3 Å². The summed E-state index contributed by atoms with van der Waals surface area (Å²) in [6.07, 6.45) is -7.82. The Morgan fingerprint density at radius 1 is 1.00 bits per heavy atom. The van der Waals surface area contributed by atoms with Gasteiger partial charge in [0, 0.05) is 38.8 Å². The fraction of sp³-hybridized carbons (Fsp3) is 0.611. The van der Waals surface area contributed by atoms with Crippen molar-refractivity contribution >= 4 is 5.91 Å². The molecule has 1 atom stereocenters. The summed E-state index contributed by atoms with van der Waals surface area (Å²) in [5.74, 6) is -0.760. The van der Waals surface area contributed by atoms with Crippen LogP contribution in [0.15, 0.2) is 30.3 Å². The molecule has 0 aliphatic heterocycles. The standard InChI is InChI=1S/C9H12.C6H10F3NO2.3CH4.Y/c1-8(2)9-6-4-3-5-7-9;1-3(2)10-5(12)4(11)6(7,8)9;;;;/h3-8H,1-2H3;3-4,11H,1-2H3,(H,10,12);3*1H4;. The second kappa shape index (κ2) is 17.0. The molecule has 0 aliphatic rings. The largest absolute Gasteiger partial charge is 0.423 e. The van der Waals surface area contributed by atoms with Crippen LogP contribution in [0, 0.1) is 0 Å². The van der Waals surface area contributed by atoms with Gasteiger partial charge in [-0.3, -0.25) is 4.79 Å². The smallest absolute Gasteiger partial charge is 0.376 e. The van der Waals surface area contributed by atoms with Crippen molar-refractivity contribution in [1.82, 2.24) is 5.32 Å². The van der Waals surface area contributed by atoms with Crippen LogP contribution in [0.1, 0.15) is 61.5 Å². The molecule has 1 amide bonds. The fourth-order valence-corrected chi connectivity index (χ4v) is 1.35. The van der Waals surface area contributed by atoms with Crippen LogP contribution in [0.4, 0.5) is 13.2 Å². The predicted octanol–water partition coefficient (Wildman–Crippen LogP) is 5.15. The number of hydrogen-bond acceptors (Lipinski definition) is 2. The van der Waals surface area contributed by atoms with Crippen molar-refractivity contribution < 1.29 is 55.8 Å². The summed E-state index contributed by atoms with van der Waals surface area (Å²) in [5.41, 5.74) is 1.41. The molecule has 0 saturated carbocycles. The van der Waals surface area contributed by atoms with Gasteiger partial charge in [-0.2, -0.15) is 13.2 Å². The maximum atomic E-state index is 11.6. The third kappa shape index (κ3) is 16.7. The number of halogens is 3. The Morgan fingerprint density at radius 3 is 1.64 bits per heavy atom. The monoisotopic (exact) mass is 442 g/mol. The van der Waals surface area contributed by atoms with Crippen molar-refractivity contribution in [1.29, 1.82) is 0 Å². The molecular formula is C18H34F3NO2Y. The number of alkyl halides is 3. The molecular weight excluding hydrogens is 408 g/mol. The normalized spacial score (nSPS) is 10.6. The third-order valence-corrected chi connectivity index (χ3v) is 2.46. The number of aliphatic hydroxyl groups excluding tert-OH is 1. The molecule has 0 fully saturated rings. The first-order chi connectivity index (χ1) is 9.55. The SMILES string of the molecule is C.C.C.CC(C)NC(=O)C(O)C(F)(F)F.CC(C)c1ccccc1.[Y]. The third-order valence-electron chi connectivity index (χ3n) is 2.46. The average molecular weight is 442 g/mol. The van der Waals surface area contributed by atoms with Crippen LogP contribution >= 0.6 is 0 Å². The molecule has 1 rings (SSSR count). The van der Waals surface area contributed by atoms with Gasteiger partial charge in [0.25, 0.3) is 5.91 Å². The van der Waals surface area contributed by atoms with Crippen molar-refractivity contribution in [2.75, 3.05) is 0 Å². The molecule has 25 heavy (non-hydrogen) atoms. The van der Waals surface area contributed by atoms with Gasteiger partial charge in [0.05, 0.1) is 0 Å². The molecule has 3 nitrogen and oxygen atoms in total. The fourth-order valence-electron chi connectivity index (χ4n) is 1.35. The zero-order valence-corrected chi connectivity index (χ0v) is 16.0. The number of benzene rings is 1. The van der Waals surface area contributed by atoms with E-state index in [0.717, 1.165) is 0 Å². The summed E-state index contributed by atoms with van der Waals surface area (Å²) in [6, 6.07) is 10.1. The number of carbonyl (C=O) groups is 1. The first kappa shape index (κ1) is 35.6. The predicted molar refractivity (Wildman–Crippen MR) is 96.1 cm³/mol. The van der Waals surface area contributed by atoms with E-state index in [-0.39, 0.29) is 55.0 Å². The molecule has 0 saturated heterocycles. The maximum Gasteiger partial charge on any atom is 0.423 e. The maximum absolute atomic E-state index is 11.6. The Kier molecular flexibility index (Phi) is 24.2. The number of aliphatic hydroxyl groups is 1. The zero-order valence-electron chi connectivity index (χ0n) is 13.2. The molecule has 0 heterocycles. The van der Waals surface area contributed by atoms with Gasteiger partial charge < -0.3 is 10.4 Å². The Balaban J connectivity index is -0.0000000939. The first-order valence-electron chi connectivity index (χ1n) is 6.65. The number of hydrogen-bond donors (Lipinski definition) is 2. The number of nitrogens with one attached hydrogen (secondary N) is 1. The van der Waals surface area contributed by atoms with Gasteiger partial charge in [-0.25, -0.2) is 0 Å². The second-order valence-corrected chi connectivity index (χ2v) is 5.17. The molecule has 0 spiro atoms. The van der Waals surface area contributed by atoms with E-state index in [2.05, 4.69) is 38.1 Å². The van der Waals surface area contributed by atoms with Crippen LogP contribution in [-0.2, 0) is 37.5 Å². The Hall–Kier alpha value is -0.456. The molecule has 7 heteroatoms. The van der Waals surface area contributed by atoms with Gasteiger partial charge in [-0.15, -0.1) is 0 Å². The molecule has 1 radical (unpaired) electrons. The average Bonchev–Trinajstić information content (AvgIpc) is 2.37. The minimum absolute atomic E-state index is 0. The van der Waals surface area contributed by atoms with E-state index in [0.29, 0.717) is 5.92 Å². The van der Waals surface area contributed by atoms with Crippen molar-refractivity contribution in [3.8, 4) is 0 Å². The number of carbonyl (C=O) groups excluding carboxylic acids is 1. The van der Waals surface area contributed by atoms with Crippen molar-refractivity contribution in [2.45, 2.75) is 74.2 Å². The van der Waals surface area contributed by atoms with Crippen molar-refractivity contribution in [2.24, 2.45) is 0 Å². The van der Waals surface area contributed by atoms with E-state index in [1.807, 2.05) is 11.4 Å². The topological polar surface area (TPSA) is 49.3 Å². The molecule has 1 unspecified atom stereocenters. The Labute approximate surface area is 176 Å². The van der Waals surface area contributed by atoms with Crippen LogP contribution in [0.2, 0.25) is 0 Å². The molecule has 0 bridgehead atoms. The van der Waals surface area contributed by atoms with E-state index in [4.69, 9.17) is 5.11 Å². The van der Waals surface area contributed by atoms with Gasteiger partial charge in [0.2, 0.25) is 6.10 Å². The zero-order chi connectivity index (χ0) is 16.6. The molecule has 2 N–H and O–H groups in total. The van der Waals surface area contributed by atoms with E-state index in [1.165, 1.54) is 19.4 Å². The van der Waals surface area contributed by atoms with Gasteiger partial charge >= 0.3 is 6.18 Å². The van der Waals surface area contributed by atoms with E-state index in [9.17, 15) is 18.0 Å². The molecule has 0 aliphatic carbocycles. The quantitative estimate of drug-likeness (QED) is 0.680. The Morgan fingerprint density at radius 2 is 1.40 bits per heavy atom. The second-order valence-electron chi connectivity index (χ2n) is 5.17. The molecule has 1 aromatic carbocycles. The van der Waals surface area contributed by atoms with Crippen LogP contribution < -0.4 is 5.32 Å². The van der Waals surface area contributed by atoms with E-state index in [1.54, 1.807) is 0 Å². The summed E-state index contributed by atoms with van der Waals surface area (Å²) in [7, 11) is 0. The summed E-state index contributed by atoms with van der Waals surface area (Å²) < 4.78 is 34.9. The molecule has 0 aromatic heterocycles. The molecule has 147 valence electrons. The number of rotatable bonds is 3. The van der Waals surface area contributed by atoms with Crippen LogP contribution in [-0.4, -0.2) is 29.3 Å². The van der Waals surface area contributed by atoms with E-state index < -0.39 is 24.2 Å². The molecule has 1 aromatic rings. The Bertz CT molecular complexity index is 424. The van der Waals surface area contributed by atoms with Crippen molar-refractivity contribution in [3.63, 3.8) is 0 Å². The van der Waals surface area contributed by atoms with Gasteiger partial charge in [0.15, 0.2) is 0 Å². The van der Waals surface area contributed by atoms with Crippen LogP contribution in [0.5, 0.6) is 0 Å². The first-order valence-corrected chi connectivity index (χ1v) is 6.65. The summed E-state index contributed by atoms with van der Waals surface area (Å²) >= 11 is 0. The minimum Gasteiger partial charge on any atom is -0.376 e. The van der Waals surface area contributed by atoms with Crippen LogP contribution in [0.25, 0.3) is 0 Å². The summed E-state index contributed by atoms with van der Waals surface area (Å²) in [4.78, 5) is 10.5. The van der Waals surface area contributed by atoms with Crippen LogP contribution in [0.3, 0.4) is 0 Å².